The van der Waals surface area contributed by atoms with Gasteiger partial charge in [-0.25, -0.2) is 0 Å². The molecule has 0 radical (unpaired) electrons. The zero-order chi connectivity index (χ0) is 16.0. The third kappa shape index (κ3) is 10.1. The molecule has 0 aliphatic carbocycles. The number of aliphatic imine (C=N–C) groups is 1. The van der Waals surface area contributed by atoms with Gasteiger partial charge in [0.25, 0.3) is 0 Å². The van der Waals surface area contributed by atoms with Crippen molar-refractivity contribution in [3.63, 3.8) is 0 Å². The summed E-state index contributed by atoms with van der Waals surface area (Å²) in [7, 11) is 3.40. The van der Waals surface area contributed by atoms with Crippen LogP contribution < -0.4 is 10.6 Å². The van der Waals surface area contributed by atoms with Crippen LogP contribution in [-0.4, -0.2) is 46.5 Å². The van der Waals surface area contributed by atoms with Crippen LogP contribution >= 0.6 is 24.0 Å². The molecule has 0 aliphatic rings. The molecular formula is C16H25IN4O2. The van der Waals surface area contributed by atoms with Crippen LogP contribution in [0.5, 0.6) is 0 Å². The normalized spacial score (nSPS) is 10.6. The number of ether oxygens (including phenoxy) is 2. The number of halogens is 1. The monoisotopic (exact) mass is 432 g/mol. The van der Waals surface area contributed by atoms with E-state index in [4.69, 9.17) is 14.7 Å². The molecule has 0 spiro atoms. The zero-order valence-electron chi connectivity index (χ0n) is 13.7. The molecule has 0 saturated carbocycles. The Balaban J connectivity index is 0.00000484. The fourth-order valence-electron chi connectivity index (χ4n) is 1.73. The van der Waals surface area contributed by atoms with Crippen molar-refractivity contribution in [3.8, 4) is 6.07 Å². The molecule has 2 N–H and O–H groups in total. The lowest BCUT2D eigenvalue weighted by Gasteiger charge is -2.12. The van der Waals surface area contributed by atoms with Gasteiger partial charge < -0.3 is 20.1 Å². The summed E-state index contributed by atoms with van der Waals surface area (Å²) >= 11 is 0. The van der Waals surface area contributed by atoms with Gasteiger partial charge in [-0.15, -0.1) is 24.0 Å². The van der Waals surface area contributed by atoms with Crippen LogP contribution in [0.2, 0.25) is 0 Å². The predicted octanol–water partition coefficient (Wildman–Crippen LogP) is 1.89. The lowest BCUT2D eigenvalue weighted by Crippen LogP contribution is -2.37. The van der Waals surface area contributed by atoms with E-state index in [1.165, 1.54) is 0 Å². The lowest BCUT2D eigenvalue weighted by molar-refractivity contribution is 0.0698. The number of methoxy groups -OCH3 is 1. The van der Waals surface area contributed by atoms with Crippen LogP contribution in [0.4, 0.5) is 0 Å². The second-order valence-corrected chi connectivity index (χ2v) is 4.62. The fraction of sp³-hybridized carbons (Fsp3) is 0.500. The maximum atomic E-state index is 8.76. The number of nitriles is 1. The highest BCUT2D eigenvalue weighted by molar-refractivity contribution is 14.0. The first kappa shape index (κ1) is 21.6. The molecular weight excluding hydrogens is 407 g/mol. The van der Waals surface area contributed by atoms with Gasteiger partial charge in [-0.2, -0.15) is 5.26 Å². The minimum absolute atomic E-state index is 0. The smallest absolute Gasteiger partial charge is 0.191 e. The molecule has 0 heterocycles. The molecule has 1 rings (SSSR count). The van der Waals surface area contributed by atoms with Crippen molar-refractivity contribution in [1.82, 2.24) is 10.6 Å². The molecule has 0 aromatic heterocycles. The van der Waals surface area contributed by atoms with Crippen LogP contribution in [-0.2, 0) is 16.0 Å². The molecule has 6 nitrogen and oxygen atoms in total. The van der Waals surface area contributed by atoms with Crippen molar-refractivity contribution in [2.45, 2.75) is 13.0 Å². The summed E-state index contributed by atoms with van der Waals surface area (Å²) in [6.07, 6.45) is 0.904. The van der Waals surface area contributed by atoms with Gasteiger partial charge in [0, 0.05) is 33.9 Å². The molecule has 0 unspecified atom stereocenters. The first-order valence-corrected chi connectivity index (χ1v) is 7.30. The SMILES string of the molecule is CN=C(NCCCOCCOC)NCc1ccc(C#N)cc1.I. The summed E-state index contributed by atoms with van der Waals surface area (Å²) < 4.78 is 10.3. The second-order valence-electron chi connectivity index (χ2n) is 4.62. The van der Waals surface area contributed by atoms with Crippen molar-refractivity contribution in [2.75, 3.05) is 40.5 Å². The largest absolute Gasteiger partial charge is 0.382 e. The standard InChI is InChI=1S/C16H24N4O2.HI/c1-18-16(19-8-3-9-22-11-10-21-2)20-13-15-6-4-14(12-17)5-7-15;/h4-7H,3,8-11,13H2,1-2H3,(H2,18,19,20);1H. The van der Waals surface area contributed by atoms with Crippen LogP contribution in [0.3, 0.4) is 0 Å². The predicted molar refractivity (Wildman–Crippen MR) is 102 cm³/mol. The minimum Gasteiger partial charge on any atom is -0.382 e. The van der Waals surface area contributed by atoms with E-state index < -0.39 is 0 Å². The summed E-state index contributed by atoms with van der Waals surface area (Å²) in [6.45, 7) is 3.40. The number of benzene rings is 1. The van der Waals surface area contributed by atoms with Crippen LogP contribution in [0.15, 0.2) is 29.3 Å². The second kappa shape index (κ2) is 14.2. The van der Waals surface area contributed by atoms with Crippen LogP contribution in [0, 0.1) is 11.3 Å². The number of nitrogens with zero attached hydrogens (tertiary/aromatic N) is 2. The molecule has 0 atom stereocenters. The molecule has 23 heavy (non-hydrogen) atoms. The van der Waals surface area contributed by atoms with Crippen molar-refractivity contribution >= 4 is 29.9 Å². The minimum atomic E-state index is 0. The van der Waals surface area contributed by atoms with Crippen molar-refractivity contribution in [1.29, 1.82) is 5.26 Å². The molecule has 1 aromatic rings. The third-order valence-electron chi connectivity index (χ3n) is 2.96. The molecule has 0 amide bonds. The van der Waals surface area contributed by atoms with E-state index in [2.05, 4.69) is 21.7 Å². The first-order valence-electron chi connectivity index (χ1n) is 7.30. The highest BCUT2D eigenvalue weighted by atomic mass is 127. The average molecular weight is 432 g/mol. The van der Waals surface area contributed by atoms with Gasteiger partial charge in [0.05, 0.1) is 24.8 Å². The Labute approximate surface area is 155 Å². The Bertz CT molecular complexity index is 486. The van der Waals surface area contributed by atoms with Gasteiger partial charge in [0.15, 0.2) is 5.96 Å². The van der Waals surface area contributed by atoms with Gasteiger partial charge >= 0.3 is 0 Å². The van der Waals surface area contributed by atoms with Gasteiger partial charge in [-0.3, -0.25) is 4.99 Å². The van der Waals surface area contributed by atoms with Crippen molar-refractivity contribution in [2.24, 2.45) is 4.99 Å². The summed E-state index contributed by atoms with van der Waals surface area (Å²) in [5, 5.41) is 15.2. The van der Waals surface area contributed by atoms with Crippen molar-refractivity contribution in [3.05, 3.63) is 35.4 Å². The highest BCUT2D eigenvalue weighted by Gasteiger charge is 1.98. The summed E-state index contributed by atoms with van der Waals surface area (Å²) in [5.74, 6) is 0.751. The molecule has 7 heteroatoms. The molecule has 0 aliphatic heterocycles. The Hall–Kier alpha value is -1.37. The highest BCUT2D eigenvalue weighted by Crippen LogP contribution is 2.02. The molecule has 0 bridgehead atoms. The topological polar surface area (TPSA) is 78.7 Å². The quantitative estimate of drug-likeness (QED) is 0.270. The van der Waals surface area contributed by atoms with Crippen LogP contribution in [0.1, 0.15) is 17.5 Å². The summed E-state index contributed by atoms with van der Waals surface area (Å²) in [5.41, 5.74) is 1.77. The van der Waals surface area contributed by atoms with Gasteiger partial charge in [0.1, 0.15) is 0 Å². The first-order chi connectivity index (χ1) is 10.8. The van der Waals surface area contributed by atoms with E-state index in [-0.39, 0.29) is 24.0 Å². The molecule has 0 saturated heterocycles. The summed E-state index contributed by atoms with van der Waals surface area (Å²) in [4.78, 5) is 4.17. The van der Waals surface area contributed by atoms with Crippen molar-refractivity contribution < 1.29 is 9.47 Å². The van der Waals surface area contributed by atoms with Gasteiger partial charge in [-0.1, -0.05) is 12.1 Å². The zero-order valence-corrected chi connectivity index (χ0v) is 16.0. The van der Waals surface area contributed by atoms with E-state index in [0.29, 0.717) is 31.9 Å². The van der Waals surface area contributed by atoms with Crippen LogP contribution in [0.25, 0.3) is 0 Å². The fourth-order valence-corrected chi connectivity index (χ4v) is 1.73. The van der Waals surface area contributed by atoms with E-state index >= 15 is 0 Å². The Kier molecular flexibility index (Phi) is 13.4. The Morgan fingerprint density at radius 2 is 1.91 bits per heavy atom. The molecule has 1 aromatic carbocycles. The maximum absolute atomic E-state index is 8.76. The number of nitrogens with one attached hydrogen (secondary N) is 2. The van der Waals surface area contributed by atoms with E-state index in [0.717, 1.165) is 24.5 Å². The lowest BCUT2D eigenvalue weighted by atomic mass is 10.1. The average Bonchev–Trinajstić information content (AvgIpc) is 2.57. The number of hydrogen-bond acceptors (Lipinski definition) is 4. The van der Waals surface area contributed by atoms with Gasteiger partial charge in [-0.05, 0) is 24.1 Å². The number of hydrogen-bond donors (Lipinski definition) is 2. The number of rotatable bonds is 9. The Morgan fingerprint density at radius 1 is 1.17 bits per heavy atom. The van der Waals surface area contributed by atoms with E-state index in [9.17, 15) is 0 Å². The van der Waals surface area contributed by atoms with E-state index in [1.54, 1.807) is 14.2 Å². The Morgan fingerprint density at radius 3 is 2.52 bits per heavy atom. The third-order valence-corrected chi connectivity index (χ3v) is 2.96. The van der Waals surface area contributed by atoms with Gasteiger partial charge in [0.2, 0.25) is 0 Å². The maximum Gasteiger partial charge on any atom is 0.191 e. The summed E-state index contributed by atoms with van der Waals surface area (Å²) in [6, 6.07) is 9.59. The van der Waals surface area contributed by atoms with E-state index in [1.807, 2.05) is 24.3 Å². The molecule has 0 fully saturated rings. The molecule has 128 valence electrons. The number of guanidine groups is 1.